The lowest BCUT2D eigenvalue weighted by Crippen LogP contribution is -1.99. The van der Waals surface area contributed by atoms with Gasteiger partial charge in [-0.3, -0.25) is 4.79 Å². The topological polar surface area (TPSA) is 47.6 Å². The van der Waals surface area contributed by atoms with E-state index in [1.54, 1.807) is 18.2 Å². The summed E-state index contributed by atoms with van der Waals surface area (Å²) in [4.78, 5) is 12.1. The largest absolute Gasteiger partial charge is 0.493 e. The van der Waals surface area contributed by atoms with Gasteiger partial charge in [-0.15, -0.1) is 0 Å². The van der Waals surface area contributed by atoms with Crippen molar-refractivity contribution < 1.29 is 23.0 Å². The Morgan fingerprint density at radius 1 is 1.00 bits per heavy atom. The highest BCUT2D eigenvalue weighted by Crippen LogP contribution is 2.27. The van der Waals surface area contributed by atoms with Crippen molar-refractivity contribution in [3.63, 3.8) is 0 Å². The molecule has 0 fully saturated rings. The summed E-state index contributed by atoms with van der Waals surface area (Å²) in [6, 6.07) is 8.16. The molecule has 0 saturated heterocycles. The highest BCUT2D eigenvalue weighted by atomic mass is 19.2. The Morgan fingerprint density at radius 2 is 1.74 bits per heavy atom. The molecule has 0 bridgehead atoms. The Hall–Kier alpha value is -2.89. The summed E-state index contributed by atoms with van der Waals surface area (Å²) < 4.78 is 36.1. The van der Waals surface area contributed by atoms with E-state index in [0.717, 1.165) is 12.1 Å². The number of nitrogens with one attached hydrogen (secondary N) is 1. The van der Waals surface area contributed by atoms with E-state index >= 15 is 0 Å². The van der Waals surface area contributed by atoms with Crippen LogP contribution in [0.15, 0.2) is 48.7 Å². The first-order valence-corrected chi connectivity index (χ1v) is 6.69. The number of halogens is 2. The lowest BCUT2D eigenvalue weighted by atomic mass is 10.1. The van der Waals surface area contributed by atoms with E-state index in [4.69, 9.17) is 9.47 Å². The van der Waals surface area contributed by atoms with Crippen molar-refractivity contribution in [2.75, 3.05) is 19.5 Å². The summed E-state index contributed by atoms with van der Waals surface area (Å²) in [5.74, 6) is -1.20. The molecule has 0 unspecified atom stereocenters. The van der Waals surface area contributed by atoms with Gasteiger partial charge < -0.3 is 14.8 Å². The summed E-state index contributed by atoms with van der Waals surface area (Å²) in [7, 11) is 2.98. The molecule has 4 nitrogen and oxygen atoms in total. The molecule has 0 saturated carbocycles. The fourth-order valence-electron chi connectivity index (χ4n) is 1.89. The first kappa shape index (κ1) is 16.5. The molecule has 0 aromatic heterocycles. The first-order valence-electron chi connectivity index (χ1n) is 6.69. The fraction of sp³-hybridized carbons (Fsp3) is 0.118. The van der Waals surface area contributed by atoms with Crippen LogP contribution < -0.4 is 14.8 Å². The van der Waals surface area contributed by atoms with E-state index in [0.29, 0.717) is 22.7 Å². The molecule has 0 radical (unpaired) electrons. The van der Waals surface area contributed by atoms with Gasteiger partial charge in [0, 0.05) is 29.6 Å². The maximum Gasteiger partial charge on any atom is 0.187 e. The van der Waals surface area contributed by atoms with E-state index in [9.17, 15) is 13.6 Å². The molecule has 2 aromatic carbocycles. The van der Waals surface area contributed by atoms with Crippen molar-refractivity contribution in [1.82, 2.24) is 0 Å². The number of anilines is 1. The van der Waals surface area contributed by atoms with Crippen LogP contribution in [0, 0.1) is 11.6 Å². The zero-order valence-electron chi connectivity index (χ0n) is 12.6. The number of ketones is 1. The molecule has 0 aliphatic heterocycles. The third-order valence-corrected chi connectivity index (χ3v) is 3.07. The quantitative estimate of drug-likeness (QED) is 0.650. The van der Waals surface area contributed by atoms with Crippen LogP contribution in [-0.4, -0.2) is 20.0 Å². The molecule has 1 N–H and O–H groups in total. The van der Waals surface area contributed by atoms with E-state index < -0.39 is 11.6 Å². The van der Waals surface area contributed by atoms with Gasteiger partial charge in [-0.2, -0.15) is 0 Å². The van der Waals surface area contributed by atoms with Gasteiger partial charge in [-0.05, 0) is 30.3 Å². The number of hydrogen-bond acceptors (Lipinski definition) is 4. The number of allylic oxidation sites excluding steroid dienone is 1. The number of ether oxygens (including phenoxy) is 2. The number of carbonyl (C=O) groups excluding carboxylic acids is 1. The minimum atomic E-state index is -0.963. The molecule has 23 heavy (non-hydrogen) atoms. The second-order valence-corrected chi connectivity index (χ2v) is 4.54. The average molecular weight is 319 g/mol. The van der Waals surface area contributed by atoms with Crippen LogP contribution >= 0.6 is 0 Å². The Kier molecular flexibility index (Phi) is 5.30. The zero-order chi connectivity index (χ0) is 16.8. The van der Waals surface area contributed by atoms with Crippen molar-refractivity contribution >= 4 is 11.5 Å². The number of carbonyl (C=O) groups is 1. The maximum absolute atomic E-state index is 13.1. The lowest BCUT2D eigenvalue weighted by molar-refractivity contribution is 0.104. The lowest BCUT2D eigenvalue weighted by Gasteiger charge is -2.08. The monoisotopic (exact) mass is 319 g/mol. The van der Waals surface area contributed by atoms with Crippen molar-refractivity contribution in [2.45, 2.75) is 0 Å². The van der Waals surface area contributed by atoms with Crippen molar-refractivity contribution in [3.8, 4) is 11.5 Å². The third kappa shape index (κ3) is 4.06. The molecule has 0 spiro atoms. The van der Waals surface area contributed by atoms with Crippen LogP contribution in [0.25, 0.3) is 0 Å². The van der Waals surface area contributed by atoms with Crippen LogP contribution in [0.2, 0.25) is 0 Å². The second-order valence-electron chi connectivity index (χ2n) is 4.54. The molecule has 0 atom stereocenters. The summed E-state index contributed by atoms with van der Waals surface area (Å²) in [6.45, 7) is 0. The Morgan fingerprint density at radius 3 is 2.39 bits per heavy atom. The molecule has 2 aromatic rings. The molecule has 0 aliphatic carbocycles. The molecule has 120 valence electrons. The van der Waals surface area contributed by atoms with Crippen molar-refractivity contribution in [2.24, 2.45) is 0 Å². The predicted molar refractivity (Wildman–Crippen MR) is 83.0 cm³/mol. The molecule has 6 heteroatoms. The number of benzene rings is 2. The van der Waals surface area contributed by atoms with Gasteiger partial charge >= 0.3 is 0 Å². The molecular weight excluding hydrogens is 304 g/mol. The van der Waals surface area contributed by atoms with Gasteiger partial charge in [0.05, 0.1) is 14.2 Å². The smallest absolute Gasteiger partial charge is 0.187 e. The van der Waals surface area contributed by atoms with Gasteiger partial charge in [0.2, 0.25) is 0 Å². The molecule has 0 amide bonds. The predicted octanol–water partition coefficient (Wildman–Crippen LogP) is 3.79. The van der Waals surface area contributed by atoms with Crippen LogP contribution in [-0.2, 0) is 0 Å². The van der Waals surface area contributed by atoms with Crippen molar-refractivity contribution in [1.29, 1.82) is 0 Å². The summed E-state index contributed by atoms with van der Waals surface area (Å²) in [5, 5.41) is 2.70. The fourth-order valence-corrected chi connectivity index (χ4v) is 1.89. The van der Waals surface area contributed by atoms with E-state index in [-0.39, 0.29) is 5.78 Å². The SMILES string of the molecule is COc1ccc(C(=O)/C=C/Nc2ccc(F)c(F)c2)cc1OC. The van der Waals surface area contributed by atoms with Crippen LogP contribution in [0.4, 0.5) is 14.5 Å². The average Bonchev–Trinajstić information content (AvgIpc) is 2.57. The summed E-state index contributed by atoms with van der Waals surface area (Å²) in [6.07, 6.45) is 2.63. The minimum Gasteiger partial charge on any atom is -0.493 e. The second kappa shape index (κ2) is 7.40. The van der Waals surface area contributed by atoms with Gasteiger partial charge in [0.25, 0.3) is 0 Å². The van der Waals surface area contributed by atoms with E-state index in [1.165, 1.54) is 32.6 Å². The van der Waals surface area contributed by atoms with Gasteiger partial charge in [0.1, 0.15) is 0 Å². The minimum absolute atomic E-state index is 0.277. The molecule has 0 heterocycles. The number of rotatable bonds is 6. The normalized spacial score (nSPS) is 10.6. The van der Waals surface area contributed by atoms with E-state index in [2.05, 4.69) is 5.32 Å². The first-order chi connectivity index (χ1) is 11.0. The number of hydrogen-bond donors (Lipinski definition) is 1. The standard InChI is InChI=1S/C17H15F2NO3/c1-22-16-6-3-11(9-17(16)23-2)15(21)7-8-20-12-4-5-13(18)14(19)10-12/h3-10,20H,1-2H3/b8-7+. The zero-order valence-corrected chi connectivity index (χ0v) is 12.6. The van der Waals surface area contributed by atoms with Crippen LogP contribution in [0.5, 0.6) is 11.5 Å². The van der Waals surface area contributed by atoms with Gasteiger partial charge in [0.15, 0.2) is 28.9 Å². The maximum atomic E-state index is 13.1. The third-order valence-electron chi connectivity index (χ3n) is 3.07. The van der Waals surface area contributed by atoms with E-state index in [1.807, 2.05) is 0 Å². The van der Waals surface area contributed by atoms with Gasteiger partial charge in [-0.25, -0.2) is 8.78 Å². The highest BCUT2D eigenvalue weighted by Gasteiger charge is 2.08. The molecule has 0 aliphatic rings. The Labute approximate surface area is 132 Å². The van der Waals surface area contributed by atoms with Gasteiger partial charge in [-0.1, -0.05) is 0 Å². The van der Waals surface area contributed by atoms with Crippen molar-refractivity contribution in [3.05, 3.63) is 65.9 Å². The molecular formula is C17H15F2NO3. The molecule has 2 rings (SSSR count). The van der Waals surface area contributed by atoms with Crippen LogP contribution in [0.3, 0.4) is 0 Å². The Bertz CT molecular complexity index is 745. The van der Waals surface area contributed by atoms with Crippen LogP contribution in [0.1, 0.15) is 10.4 Å². The number of methoxy groups -OCH3 is 2. The Balaban J connectivity index is 2.07. The summed E-state index contributed by atoms with van der Waals surface area (Å²) >= 11 is 0. The highest BCUT2D eigenvalue weighted by molar-refractivity contribution is 6.05. The summed E-state index contributed by atoms with van der Waals surface area (Å²) in [5.41, 5.74) is 0.742.